The standard InChI is InChI=1S/C20H21F3N4O4/c1-24-15-9-8-13(10-14(15)20(21,22)23)11-4-6-12(7-5-11)19(30)27(3)16(17(28)25-2)18(29)26-31/h4-10,16,24,31H,1-3H3,(H,25,28)(H,26,29). The lowest BCUT2D eigenvalue weighted by Gasteiger charge is -2.25. The smallest absolute Gasteiger partial charge is 0.388 e. The van der Waals surface area contributed by atoms with Crippen molar-refractivity contribution in [3.63, 3.8) is 0 Å². The number of amides is 3. The van der Waals surface area contributed by atoms with E-state index in [0.717, 1.165) is 11.0 Å². The van der Waals surface area contributed by atoms with Crippen LogP contribution in [-0.4, -0.2) is 55.0 Å². The first-order valence-electron chi connectivity index (χ1n) is 8.97. The molecule has 0 spiro atoms. The molecular formula is C20H21F3N4O4. The molecule has 0 aliphatic rings. The zero-order chi connectivity index (χ0) is 23.3. The van der Waals surface area contributed by atoms with Gasteiger partial charge >= 0.3 is 6.18 Å². The maximum atomic E-state index is 13.3. The summed E-state index contributed by atoms with van der Waals surface area (Å²) in [4.78, 5) is 37.2. The van der Waals surface area contributed by atoms with Crippen molar-refractivity contribution in [1.29, 1.82) is 0 Å². The number of likely N-dealkylation sites (N-methyl/N-ethyl adjacent to an activating group) is 2. The molecule has 3 amide bonds. The Morgan fingerprint density at radius 2 is 1.55 bits per heavy atom. The lowest BCUT2D eigenvalue weighted by molar-refractivity contribution is -0.141. The number of nitrogens with zero attached hydrogens (tertiary/aromatic N) is 1. The molecule has 2 aromatic rings. The first-order chi connectivity index (χ1) is 14.5. The lowest BCUT2D eigenvalue weighted by Crippen LogP contribution is -2.54. The van der Waals surface area contributed by atoms with Gasteiger partial charge in [-0.25, -0.2) is 5.48 Å². The van der Waals surface area contributed by atoms with Crippen molar-refractivity contribution in [1.82, 2.24) is 15.7 Å². The Hall–Kier alpha value is -3.60. The molecule has 0 saturated carbocycles. The third-order valence-corrected chi connectivity index (χ3v) is 4.62. The molecule has 1 unspecified atom stereocenters. The molecule has 2 rings (SSSR count). The summed E-state index contributed by atoms with van der Waals surface area (Å²) in [6.45, 7) is 0. The van der Waals surface area contributed by atoms with Gasteiger partial charge in [-0.2, -0.15) is 13.2 Å². The number of hydrogen-bond acceptors (Lipinski definition) is 5. The Labute approximate surface area is 176 Å². The Balaban J connectivity index is 2.34. The summed E-state index contributed by atoms with van der Waals surface area (Å²) in [6.07, 6.45) is -4.55. The second-order valence-corrected chi connectivity index (χ2v) is 6.49. The van der Waals surface area contributed by atoms with Gasteiger partial charge in [0.05, 0.1) is 5.56 Å². The first-order valence-corrected chi connectivity index (χ1v) is 8.97. The van der Waals surface area contributed by atoms with Crippen LogP contribution in [0.2, 0.25) is 0 Å². The zero-order valence-corrected chi connectivity index (χ0v) is 16.9. The van der Waals surface area contributed by atoms with E-state index in [0.29, 0.717) is 11.1 Å². The Morgan fingerprint density at radius 1 is 0.968 bits per heavy atom. The molecule has 31 heavy (non-hydrogen) atoms. The molecule has 2 aromatic carbocycles. The fourth-order valence-corrected chi connectivity index (χ4v) is 2.97. The summed E-state index contributed by atoms with van der Waals surface area (Å²) < 4.78 is 39.8. The number of alkyl halides is 3. The van der Waals surface area contributed by atoms with E-state index in [1.807, 2.05) is 0 Å². The third kappa shape index (κ3) is 5.12. The van der Waals surface area contributed by atoms with Gasteiger partial charge in [0.15, 0.2) is 6.04 Å². The molecule has 0 aliphatic heterocycles. The van der Waals surface area contributed by atoms with Gasteiger partial charge in [-0.05, 0) is 35.4 Å². The van der Waals surface area contributed by atoms with Crippen LogP contribution in [-0.2, 0) is 15.8 Å². The number of halogens is 3. The van der Waals surface area contributed by atoms with Gasteiger partial charge in [-0.1, -0.05) is 18.2 Å². The van der Waals surface area contributed by atoms with E-state index in [-0.39, 0.29) is 11.3 Å². The normalized spacial score (nSPS) is 12.0. The molecule has 8 nitrogen and oxygen atoms in total. The van der Waals surface area contributed by atoms with E-state index in [1.54, 1.807) is 0 Å². The molecule has 0 aromatic heterocycles. The lowest BCUT2D eigenvalue weighted by atomic mass is 10.00. The minimum atomic E-state index is -4.55. The predicted octanol–water partition coefficient (Wildman–Crippen LogP) is 2.11. The summed E-state index contributed by atoms with van der Waals surface area (Å²) >= 11 is 0. The second-order valence-electron chi connectivity index (χ2n) is 6.49. The van der Waals surface area contributed by atoms with Crippen molar-refractivity contribution in [3.8, 4) is 11.1 Å². The number of benzene rings is 2. The number of hydrogen-bond donors (Lipinski definition) is 4. The molecule has 0 radical (unpaired) electrons. The average molecular weight is 438 g/mol. The topological polar surface area (TPSA) is 111 Å². The maximum absolute atomic E-state index is 13.3. The molecule has 0 bridgehead atoms. The average Bonchev–Trinajstić information content (AvgIpc) is 2.77. The van der Waals surface area contributed by atoms with Gasteiger partial charge in [0, 0.05) is 32.4 Å². The fraction of sp³-hybridized carbons (Fsp3) is 0.250. The number of nitrogens with one attached hydrogen (secondary N) is 3. The van der Waals surface area contributed by atoms with Gasteiger partial charge in [0.25, 0.3) is 17.7 Å². The minimum Gasteiger partial charge on any atom is -0.388 e. The van der Waals surface area contributed by atoms with E-state index in [2.05, 4.69) is 10.6 Å². The number of hydroxylamine groups is 1. The van der Waals surface area contributed by atoms with Crippen LogP contribution < -0.4 is 16.1 Å². The molecule has 0 aliphatic carbocycles. The number of anilines is 1. The van der Waals surface area contributed by atoms with E-state index in [9.17, 15) is 27.6 Å². The van der Waals surface area contributed by atoms with Crippen LogP contribution in [0.15, 0.2) is 42.5 Å². The van der Waals surface area contributed by atoms with Crippen molar-refractivity contribution in [3.05, 3.63) is 53.6 Å². The van der Waals surface area contributed by atoms with Crippen LogP contribution in [0.3, 0.4) is 0 Å². The van der Waals surface area contributed by atoms with Gasteiger partial charge in [0.1, 0.15) is 0 Å². The number of carbonyl (C=O) groups excluding carboxylic acids is 3. The summed E-state index contributed by atoms with van der Waals surface area (Å²) in [5, 5.41) is 13.6. The van der Waals surface area contributed by atoms with Crippen LogP contribution in [0.25, 0.3) is 11.1 Å². The minimum absolute atomic E-state index is 0.0629. The SMILES string of the molecule is CNC(=O)C(C(=O)NO)N(C)C(=O)c1ccc(-c2ccc(NC)c(C(F)(F)F)c2)cc1. The van der Waals surface area contributed by atoms with Crippen molar-refractivity contribution in [2.45, 2.75) is 12.2 Å². The summed E-state index contributed by atoms with van der Waals surface area (Å²) in [6, 6.07) is 7.85. The molecular weight excluding hydrogens is 417 g/mol. The summed E-state index contributed by atoms with van der Waals surface area (Å²) in [5.74, 6) is -2.62. The quantitative estimate of drug-likeness (QED) is 0.314. The summed E-state index contributed by atoms with van der Waals surface area (Å²) in [5.41, 5.74) is 1.27. The first kappa shape index (κ1) is 23.7. The van der Waals surface area contributed by atoms with Crippen molar-refractivity contribution in [2.75, 3.05) is 26.5 Å². The highest BCUT2D eigenvalue weighted by Gasteiger charge is 2.34. The highest BCUT2D eigenvalue weighted by molar-refractivity contribution is 6.08. The van der Waals surface area contributed by atoms with E-state index < -0.39 is 35.5 Å². The van der Waals surface area contributed by atoms with E-state index in [4.69, 9.17) is 5.21 Å². The molecule has 0 heterocycles. The highest BCUT2D eigenvalue weighted by atomic mass is 19.4. The maximum Gasteiger partial charge on any atom is 0.418 e. The van der Waals surface area contributed by atoms with Crippen molar-refractivity contribution < 1.29 is 32.8 Å². The molecule has 4 N–H and O–H groups in total. The summed E-state index contributed by atoms with van der Waals surface area (Å²) in [7, 11) is 3.86. The van der Waals surface area contributed by atoms with Gasteiger partial charge in [-0.3, -0.25) is 19.6 Å². The fourth-order valence-electron chi connectivity index (χ4n) is 2.97. The number of carbonyl (C=O) groups is 3. The van der Waals surface area contributed by atoms with E-state index >= 15 is 0 Å². The molecule has 166 valence electrons. The van der Waals surface area contributed by atoms with Crippen LogP contribution in [0, 0.1) is 0 Å². The Morgan fingerprint density at radius 3 is 2.03 bits per heavy atom. The predicted molar refractivity (Wildman–Crippen MR) is 106 cm³/mol. The van der Waals surface area contributed by atoms with Crippen molar-refractivity contribution in [2.24, 2.45) is 0 Å². The zero-order valence-electron chi connectivity index (χ0n) is 16.9. The van der Waals surface area contributed by atoms with Crippen LogP contribution in [0.1, 0.15) is 15.9 Å². The monoisotopic (exact) mass is 438 g/mol. The largest absolute Gasteiger partial charge is 0.418 e. The van der Waals surface area contributed by atoms with Gasteiger partial charge < -0.3 is 15.5 Å². The second kappa shape index (κ2) is 9.47. The molecule has 11 heteroatoms. The molecule has 0 fully saturated rings. The van der Waals surface area contributed by atoms with Crippen LogP contribution in [0.5, 0.6) is 0 Å². The molecule has 1 atom stereocenters. The highest BCUT2D eigenvalue weighted by Crippen LogP contribution is 2.37. The van der Waals surface area contributed by atoms with Gasteiger partial charge in [-0.15, -0.1) is 0 Å². The third-order valence-electron chi connectivity index (χ3n) is 4.62. The van der Waals surface area contributed by atoms with Crippen LogP contribution in [0.4, 0.5) is 18.9 Å². The Bertz CT molecular complexity index is 961. The van der Waals surface area contributed by atoms with Gasteiger partial charge in [0.2, 0.25) is 0 Å². The number of rotatable bonds is 6. The molecule has 0 saturated heterocycles. The van der Waals surface area contributed by atoms with E-state index in [1.165, 1.54) is 63.0 Å². The van der Waals surface area contributed by atoms with Crippen molar-refractivity contribution >= 4 is 23.4 Å². The van der Waals surface area contributed by atoms with Crippen LogP contribution >= 0.6 is 0 Å². The Kier molecular flexibility index (Phi) is 7.24.